The highest BCUT2D eigenvalue weighted by molar-refractivity contribution is 5.74. The average Bonchev–Trinajstić information content (AvgIpc) is 2.59. The number of nitrogens with one attached hydrogen (secondary N) is 1. The molecule has 1 aromatic heterocycles. The summed E-state index contributed by atoms with van der Waals surface area (Å²) >= 11 is 0. The van der Waals surface area contributed by atoms with Crippen molar-refractivity contribution < 1.29 is 9.90 Å². The van der Waals surface area contributed by atoms with Gasteiger partial charge in [0, 0.05) is 35.9 Å². The van der Waals surface area contributed by atoms with Crippen molar-refractivity contribution in [3.05, 3.63) is 46.6 Å². The zero-order valence-electron chi connectivity index (χ0n) is 14.8. The van der Waals surface area contributed by atoms with Crippen LogP contribution in [0.2, 0.25) is 0 Å². The zero-order valence-corrected chi connectivity index (χ0v) is 14.8. The first-order chi connectivity index (χ1) is 12.1. The summed E-state index contributed by atoms with van der Waals surface area (Å²) in [7, 11) is 0. The molecule has 134 valence electrons. The molecular formula is C19H26N4O2. The van der Waals surface area contributed by atoms with Crippen LogP contribution in [0.3, 0.4) is 0 Å². The second-order valence-electron chi connectivity index (χ2n) is 6.17. The summed E-state index contributed by atoms with van der Waals surface area (Å²) in [5.74, 6) is 0.954. The Bertz CT molecular complexity index is 695. The second kappa shape index (κ2) is 9.13. The van der Waals surface area contributed by atoms with Crippen LogP contribution in [-0.2, 0) is 6.42 Å². The lowest BCUT2D eigenvalue weighted by molar-refractivity contribution is 0.112. The number of rotatable bonds is 9. The maximum absolute atomic E-state index is 10.8. The summed E-state index contributed by atoms with van der Waals surface area (Å²) in [4.78, 5) is 19.5. The third-order valence-electron chi connectivity index (χ3n) is 4.18. The number of aliphatic hydroxyl groups is 1. The molecule has 0 saturated heterocycles. The molecule has 2 rings (SSSR count). The number of carbonyl (C=O) groups is 1. The quantitative estimate of drug-likeness (QED) is 0.606. The van der Waals surface area contributed by atoms with Gasteiger partial charge in [-0.1, -0.05) is 37.6 Å². The van der Waals surface area contributed by atoms with Gasteiger partial charge >= 0.3 is 0 Å². The first kappa shape index (κ1) is 18.9. The van der Waals surface area contributed by atoms with E-state index in [1.165, 1.54) is 0 Å². The van der Waals surface area contributed by atoms with Crippen LogP contribution >= 0.6 is 0 Å². The Morgan fingerprint density at radius 3 is 2.56 bits per heavy atom. The minimum atomic E-state index is 0.125. The topological polar surface area (TPSA) is 101 Å². The van der Waals surface area contributed by atoms with E-state index in [9.17, 15) is 9.90 Å². The smallest absolute Gasteiger partial charge is 0.222 e. The van der Waals surface area contributed by atoms with Gasteiger partial charge in [0.15, 0.2) is 0 Å². The minimum absolute atomic E-state index is 0.125. The molecule has 6 heteroatoms. The van der Waals surface area contributed by atoms with E-state index in [2.05, 4.69) is 22.2 Å². The number of nitrogens with zero attached hydrogens (tertiary/aromatic N) is 2. The largest absolute Gasteiger partial charge is 0.396 e. The van der Waals surface area contributed by atoms with Crippen molar-refractivity contribution in [3.8, 4) is 0 Å². The third-order valence-corrected chi connectivity index (χ3v) is 4.18. The van der Waals surface area contributed by atoms with Crippen molar-refractivity contribution >= 4 is 18.1 Å². The highest BCUT2D eigenvalue weighted by Crippen LogP contribution is 2.23. The number of benzene rings is 1. The summed E-state index contributed by atoms with van der Waals surface area (Å²) in [5.41, 5.74) is 9.36. The Balaban J connectivity index is 2.30. The number of carbonyl (C=O) groups excluding carboxylic acids is 1. The summed E-state index contributed by atoms with van der Waals surface area (Å²) in [6.45, 7) is 4.15. The first-order valence-electron chi connectivity index (χ1n) is 8.61. The molecule has 1 heterocycles. The van der Waals surface area contributed by atoms with Crippen LogP contribution in [0.15, 0.2) is 24.3 Å². The van der Waals surface area contributed by atoms with Gasteiger partial charge < -0.3 is 16.2 Å². The lowest BCUT2D eigenvalue weighted by Gasteiger charge is -2.21. The molecule has 0 aliphatic heterocycles. The van der Waals surface area contributed by atoms with E-state index < -0.39 is 0 Å². The van der Waals surface area contributed by atoms with Gasteiger partial charge in [0.05, 0.1) is 0 Å². The molecule has 6 nitrogen and oxygen atoms in total. The van der Waals surface area contributed by atoms with Crippen molar-refractivity contribution in [2.45, 2.75) is 45.6 Å². The van der Waals surface area contributed by atoms with Crippen molar-refractivity contribution in [1.82, 2.24) is 9.97 Å². The molecule has 0 bridgehead atoms. The Labute approximate surface area is 148 Å². The lowest BCUT2D eigenvalue weighted by atomic mass is 10.0. The number of nitrogens with two attached hydrogens (primary N) is 1. The molecule has 0 spiro atoms. The normalized spacial score (nSPS) is 12.0. The van der Waals surface area contributed by atoms with Gasteiger partial charge in [-0.3, -0.25) is 4.79 Å². The second-order valence-corrected chi connectivity index (χ2v) is 6.17. The number of nitrogen functional groups attached to an aromatic ring is 1. The van der Waals surface area contributed by atoms with Crippen LogP contribution in [0.25, 0.3) is 0 Å². The molecule has 0 fully saturated rings. The number of aromatic nitrogens is 2. The van der Waals surface area contributed by atoms with Crippen LogP contribution in [0.5, 0.6) is 0 Å². The van der Waals surface area contributed by atoms with Gasteiger partial charge in [0.25, 0.3) is 0 Å². The number of anilines is 2. The molecule has 1 unspecified atom stereocenters. The van der Waals surface area contributed by atoms with Crippen LogP contribution in [-0.4, -0.2) is 34.0 Å². The molecule has 1 atom stereocenters. The van der Waals surface area contributed by atoms with Gasteiger partial charge in [-0.15, -0.1) is 0 Å². The summed E-state index contributed by atoms with van der Waals surface area (Å²) in [5, 5.41) is 12.7. The van der Waals surface area contributed by atoms with Gasteiger partial charge in [0.2, 0.25) is 5.95 Å². The number of aryl methyl sites for hydroxylation is 1. The minimum Gasteiger partial charge on any atom is -0.396 e. The van der Waals surface area contributed by atoms with Crippen molar-refractivity contribution in [2.24, 2.45) is 0 Å². The molecule has 2 aromatic rings. The van der Waals surface area contributed by atoms with Crippen LogP contribution in [0.1, 0.15) is 53.4 Å². The molecule has 4 N–H and O–H groups in total. The van der Waals surface area contributed by atoms with Crippen LogP contribution in [0.4, 0.5) is 11.8 Å². The standard InChI is InChI=1S/C19H26N4O2/c1-3-4-16(9-10-24)22-18-17(13(2)21-19(20)23-18)11-14-5-7-15(12-25)8-6-14/h5-8,12,16,24H,3-4,9-11H2,1-2H3,(H3,20,21,22,23). The predicted octanol–water partition coefficient (Wildman–Crippen LogP) is 2.73. The molecule has 0 saturated carbocycles. The molecule has 0 aliphatic rings. The van der Waals surface area contributed by atoms with E-state index in [1.807, 2.05) is 19.1 Å². The summed E-state index contributed by atoms with van der Waals surface area (Å²) < 4.78 is 0. The highest BCUT2D eigenvalue weighted by atomic mass is 16.3. The van der Waals surface area contributed by atoms with Crippen molar-refractivity contribution in [1.29, 1.82) is 0 Å². The lowest BCUT2D eigenvalue weighted by Crippen LogP contribution is -2.23. The van der Waals surface area contributed by atoms with Gasteiger partial charge in [-0.2, -0.15) is 4.98 Å². The molecule has 0 aliphatic carbocycles. The molecule has 0 amide bonds. The molecule has 25 heavy (non-hydrogen) atoms. The maximum atomic E-state index is 10.8. The van der Waals surface area contributed by atoms with Crippen molar-refractivity contribution in [2.75, 3.05) is 17.7 Å². The van der Waals surface area contributed by atoms with Gasteiger partial charge in [-0.05, 0) is 25.3 Å². The van der Waals surface area contributed by atoms with Crippen molar-refractivity contribution in [3.63, 3.8) is 0 Å². The molecule has 1 aromatic carbocycles. The summed E-state index contributed by atoms with van der Waals surface area (Å²) in [6.07, 6.45) is 4.09. The number of aliphatic hydroxyl groups excluding tert-OH is 1. The molecule has 0 radical (unpaired) electrons. The fourth-order valence-corrected chi connectivity index (χ4v) is 2.85. The third kappa shape index (κ3) is 5.26. The Kier molecular flexibility index (Phi) is 6.89. The summed E-state index contributed by atoms with van der Waals surface area (Å²) in [6, 6.07) is 7.60. The van der Waals surface area contributed by atoms with E-state index in [4.69, 9.17) is 5.73 Å². The monoisotopic (exact) mass is 342 g/mol. The van der Waals surface area contributed by atoms with Gasteiger partial charge in [0.1, 0.15) is 12.1 Å². The van der Waals surface area contributed by atoms with E-state index in [1.54, 1.807) is 12.1 Å². The zero-order chi connectivity index (χ0) is 18.2. The average molecular weight is 342 g/mol. The van der Waals surface area contributed by atoms with E-state index in [-0.39, 0.29) is 18.6 Å². The first-order valence-corrected chi connectivity index (χ1v) is 8.61. The SMILES string of the molecule is CCCC(CCO)Nc1nc(N)nc(C)c1Cc1ccc(C=O)cc1. The highest BCUT2D eigenvalue weighted by Gasteiger charge is 2.15. The molecular weight excluding hydrogens is 316 g/mol. The fraction of sp³-hybridized carbons (Fsp3) is 0.421. The van der Waals surface area contributed by atoms with E-state index in [0.29, 0.717) is 18.4 Å². The number of hydrogen-bond donors (Lipinski definition) is 3. The number of aldehydes is 1. The van der Waals surface area contributed by atoms with E-state index >= 15 is 0 Å². The maximum Gasteiger partial charge on any atom is 0.222 e. The predicted molar refractivity (Wildman–Crippen MR) is 99.8 cm³/mol. The van der Waals surface area contributed by atoms with E-state index in [0.717, 1.165) is 41.8 Å². The van der Waals surface area contributed by atoms with Gasteiger partial charge in [-0.25, -0.2) is 4.98 Å². The Morgan fingerprint density at radius 1 is 1.24 bits per heavy atom. The van der Waals surface area contributed by atoms with Crippen LogP contribution in [0, 0.1) is 6.92 Å². The number of hydrogen-bond acceptors (Lipinski definition) is 6. The Hall–Kier alpha value is -2.47. The van der Waals surface area contributed by atoms with Crippen LogP contribution < -0.4 is 11.1 Å². The fourth-order valence-electron chi connectivity index (χ4n) is 2.85. The Morgan fingerprint density at radius 2 is 1.96 bits per heavy atom.